The zero-order chi connectivity index (χ0) is 13.7. The maximum absolute atomic E-state index is 11.9. The fourth-order valence-electron chi connectivity index (χ4n) is 2.29. The third-order valence-corrected chi connectivity index (χ3v) is 3.57. The topological polar surface area (TPSA) is 70.2 Å². The van der Waals surface area contributed by atoms with Gasteiger partial charge in [0.1, 0.15) is 5.82 Å². The van der Waals surface area contributed by atoms with Crippen molar-refractivity contribution >= 4 is 11.7 Å². The number of hydrogen-bond acceptors (Lipinski definition) is 5. The van der Waals surface area contributed by atoms with Gasteiger partial charge in [-0.3, -0.25) is 4.79 Å². The van der Waals surface area contributed by atoms with Gasteiger partial charge in [-0.05, 0) is 38.6 Å². The second kappa shape index (κ2) is 6.47. The van der Waals surface area contributed by atoms with Gasteiger partial charge in [0, 0.05) is 19.6 Å². The van der Waals surface area contributed by atoms with Crippen molar-refractivity contribution in [1.82, 2.24) is 20.4 Å². The molecule has 2 rings (SSSR count). The van der Waals surface area contributed by atoms with Crippen LogP contribution in [0.15, 0.2) is 12.1 Å². The van der Waals surface area contributed by atoms with E-state index in [4.69, 9.17) is 0 Å². The van der Waals surface area contributed by atoms with Crippen LogP contribution in [0.3, 0.4) is 0 Å². The lowest BCUT2D eigenvalue weighted by Gasteiger charge is -2.32. The van der Waals surface area contributed by atoms with E-state index in [2.05, 4.69) is 32.8 Å². The molecule has 0 aliphatic carbocycles. The van der Waals surface area contributed by atoms with Gasteiger partial charge in [-0.2, -0.15) is 0 Å². The fraction of sp³-hybridized carbons (Fsp3) is 0.615. The van der Waals surface area contributed by atoms with Crippen LogP contribution in [0.5, 0.6) is 0 Å². The lowest BCUT2D eigenvalue weighted by atomic mass is 10.0. The Morgan fingerprint density at radius 3 is 2.89 bits per heavy atom. The summed E-state index contributed by atoms with van der Waals surface area (Å²) in [6.07, 6.45) is 3.63. The molecule has 0 saturated carbocycles. The molecular weight excluding hydrogens is 242 g/mol. The minimum absolute atomic E-state index is 0.158. The highest BCUT2D eigenvalue weighted by Crippen LogP contribution is 2.14. The molecule has 0 bridgehead atoms. The number of carbonyl (C=O) groups excluding carboxylic acids is 1. The summed E-state index contributed by atoms with van der Waals surface area (Å²) in [5.41, 5.74) is 0.359. The van der Waals surface area contributed by atoms with Crippen LogP contribution in [0.2, 0.25) is 0 Å². The molecule has 1 unspecified atom stereocenters. The lowest BCUT2D eigenvalue weighted by molar-refractivity contribution is 0.0922. The summed E-state index contributed by atoms with van der Waals surface area (Å²) in [5, 5.41) is 13.6. The molecule has 6 heteroatoms. The van der Waals surface area contributed by atoms with Gasteiger partial charge in [0.05, 0.1) is 0 Å². The summed E-state index contributed by atoms with van der Waals surface area (Å²) < 4.78 is 0. The van der Waals surface area contributed by atoms with Crippen molar-refractivity contribution in [3.8, 4) is 0 Å². The summed E-state index contributed by atoms with van der Waals surface area (Å²) in [4.78, 5) is 14.2. The molecule has 1 saturated heterocycles. The van der Waals surface area contributed by atoms with Crippen molar-refractivity contribution < 1.29 is 4.79 Å². The van der Waals surface area contributed by atoms with Crippen molar-refractivity contribution in [2.24, 2.45) is 0 Å². The highest BCUT2D eigenvalue weighted by Gasteiger charge is 2.19. The van der Waals surface area contributed by atoms with E-state index in [0.29, 0.717) is 24.1 Å². The maximum atomic E-state index is 11.9. The van der Waals surface area contributed by atoms with Crippen LogP contribution in [0.1, 0.15) is 29.8 Å². The van der Waals surface area contributed by atoms with Crippen LogP contribution in [0.4, 0.5) is 5.82 Å². The number of piperidine rings is 1. The molecule has 1 fully saturated rings. The van der Waals surface area contributed by atoms with Gasteiger partial charge in [-0.1, -0.05) is 6.42 Å². The molecule has 1 aromatic rings. The average Bonchev–Trinajstić information content (AvgIpc) is 2.46. The van der Waals surface area contributed by atoms with E-state index in [-0.39, 0.29) is 5.91 Å². The molecule has 1 aliphatic heterocycles. The quantitative estimate of drug-likeness (QED) is 0.838. The van der Waals surface area contributed by atoms with Gasteiger partial charge in [0.15, 0.2) is 5.69 Å². The van der Waals surface area contributed by atoms with Crippen LogP contribution >= 0.6 is 0 Å². The van der Waals surface area contributed by atoms with Crippen molar-refractivity contribution in [3.63, 3.8) is 0 Å². The molecule has 0 spiro atoms. The van der Waals surface area contributed by atoms with Crippen LogP contribution in [0, 0.1) is 0 Å². The van der Waals surface area contributed by atoms with Gasteiger partial charge in [0.25, 0.3) is 5.91 Å². The number of anilines is 1. The number of likely N-dealkylation sites (tertiary alicyclic amines) is 1. The summed E-state index contributed by atoms with van der Waals surface area (Å²) in [7, 11) is 3.88. The number of carbonyl (C=O) groups is 1. The third-order valence-electron chi connectivity index (χ3n) is 3.57. The highest BCUT2D eigenvalue weighted by atomic mass is 16.1. The Balaban J connectivity index is 1.86. The van der Waals surface area contributed by atoms with Crippen LogP contribution < -0.4 is 10.6 Å². The molecule has 19 heavy (non-hydrogen) atoms. The van der Waals surface area contributed by atoms with E-state index in [9.17, 15) is 4.79 Å². The van der Waals surface area contributed by atoms with Crippen LogP contribution in [-0.2, 0) is 0 Å². The predicted octanol–water partition coefficient (Wildman–Crippen LogP) is 0.732. The summed E-state index contributed by atoms with van der Waals surface area (Å²) in [6.45, 7) is 1.78. The van der Waals surface area contributed by atoms with E-state index < -0.39 is 0 Å². The van der Waals surface area contributed by atoms with E-state index in [1.165, 1.54) is 12.8 Å². The SMILES string of the molecule is CNc1ccc(C(=O)NCC2CCCCN2C)nn1. The van der Waals surface area contributed by atoms with Crippen LogP contribution in [-0.4, -0.2) is 54.2 Å². The lowest BCUT2D eigenvalue weighted by Crippen LogP contribution is -2.44. The molecule has 0 radical (unpaired) electrons. The second-order valence-corrected chi connectivity index (χ2v) is 4.89. The van der Waals surface area contributed by atoms with Gasteiger partial charge >= 0.3 is 0 Å². The summed E-state index contributed by atoms with van der Waals surface area (Å²) in [5.74, 6) is 0.498. The van der Waals surface area contributed by atoms with Crippen molar-refractivity contribution in [3.05, 3.63) is 17.8 Å². The van der Waals surface area contributed by atoms with E-state index in [0.717, 1.165) is 13.0 Å². The van der Waals surface area contributed by atoms with Gasteiger partial charge in [-0.15, -0.1) is 10.2 Å². The van der Waals surface area contributed by atoms with E-state index >= 15 is 0 Å². The number of rotatable bonds is 4. The number of hydrogen-bond donors (Lipinski definition) is 2. The second-order valence-electron chi connectivity index (χ2n) is 4.89. The molecule has 1 aliphatic rings. The maximum Gasteiger partial charge on any atom is 0.271 e. The molecule has 2 heterocycles. The zero-order valence-corrected chi connectivity index (χ0v) is 11.5. The first kappa shape index (κ1) is 13.7. The van der Waals surface area contributed by atoms with Gasteiger partial charge < -0.3 is 15.5 Å². The minimum atomic E-state index is -0.158. The standard InChI is InChI=1S/C13H21N5O/c1-14-12-7-6-11(16-17-12)13(19)15-9-10-5-3-4-8-18(10)2/h6-7,10H,3-5,8-9H2,1-2H3,(H,14,17)(H,15,19). The number of likely N-dealkylation sites (N-methyl/N-ethyl adjacent to an activating group) is 1. The molecule has 104 valence electrons. The Bertz CT molecular complexity index is 420. The Kier molecular flexibility index (Phi) is 4.68. The van der Waals surface area contributed by atoms with E-state index in [1.807, 2.05) is 0 Å². The average molecular weight is 263 g/mol. The zero-order valence-electron chi connectivity index (χ0n) is 11.5. The number of amides is 1. The van der Waals surface area contributed by atoms with Crippen molar-refractivity contribution in [2.45, 2.75) is 25.3 Å². The van der Waals surface area contributed by atoms with Crippen molar-refractivity contribution in [1.29, 1.82) is 0 Å². The minimum Gasteiger partial charge on any atom is -0.372 e. The summed E-state index contributed by atoms with van der Waals surface area (Å²) in [6, 6.07) is 3.86. The normalized spacial score (nSPS) is 20.0. The summed E-state index contributed by atoms with van der Waals surface area (Å²) >= 11 is 0. The highest BCUT2D eigenvalue weighted by molar-refractivity contribution is 5.92. The van der Waals surface area contributed by atoms with Gasteiger partial charge in [-0.25, -0.2) is 0 Å². The Hall–Kier alpha value is -1.69. The third kappa shape index (κ3) is 3.64. The molecule has 6 nitrogen and oxygen atoms in total. The molecule has 0 aromatic carbocycles. The number of nitrogens with one attached hydrogen (secondary N) is 2. The molecule has 1 aromatic heterocycles. The smallest absolute Gasteiger partial charge is 0.271 e. The Morgan fingerprint density at radius 2 is 2.26 bits per heavy atom. The number of nitrogens with zero attached hydrogens (tertiary/aromatic N) is 3. The van der Waals surface area contributed by atoms with Crippen LogP contribution in [0.25, 0.3) is 0 Å². The Morgan fingerprint density at radius 1 is 1.42 bits per heavy atom. The first-order valence-electron chi connectivity index (χ1n) is 6.70. The van der Waals surface area contributed by atoms with Crippen molar-refractivity contribution in [2.75, 3.05) is 32.5 Å². The van der Waals surface area contributed by atoms with E-state index in [1.54, 1.807) is 19.2 Å². The molecule has 1 atom stereocenters. The molecule has 2 N–H and O–H groups in total. The first-order chi connectivity index (χ1) is 9.20. The molecule has 1 amide bonds. The first-order valence-corrected chi connectivity index (χ1v) is 6.70. The fourth-order valence-corrected chi connectivity index (χ4v) is 2.29. The van der Waals surface area contributed by atoms with Gasteiger partial charge in [0.2, 0.25) is 0 Å². The largest absolute Gasteiger partial charge is 0.372 e. The predicted molar refractivity (Wildman–Crippen MR) is 74.2 cm³/mol. The molecular formula is C13H21N5O. The monoisotopic (exact) mass is 263 g/mol. The Labute approximate surface area is 113 Å². The number of aromatic nitrogens is 2.